The molecule has 2 heterocycles. The Balaban J connectivity index is 1.93. The summed E-state index contributed by atoms with van der Waals surface area (Å²) in [5, 5.41) is 11.7. The van der Waals surface area contributed by atoms with Crippen LogP contribution >= 0.6 is 0 Å². The number of carboxylic acids is 1. The van der Waals surface area contributed by atoms with Gasteiger partial charge in [0.25, 0.3) is 0 Å². The number of aromatic nitrogens is 1. The average molecular weight is 238 g/mol. The van der Waals surface area contributed by atoms with Gasteiger partial charge in [-0.15, -0.1) is 0 Å². The number of nitrogens with zero attached hydrogens (tertiary/aromatic N) is 1. The number of rotatable bonds is 4. The summed E-state index contributed by atoms with van der Waals surface area (Å²) in [4.78, 5) is 22.5. The molecule has 17 heavy (non-hydrogen) atoms. The molecule has 1 atom stereocenters. The highest BCUT2D eigenvalue weighted by Crippen LogP contribution is 2.05. The standard InChI is InChI=1S/C11H14N2O4/c14-10(12-8-3-5-17-7-8)6-13-4-1-2-9(13)11(15)16/h1-2,4,8H,3,5-7H2,(H,12,14)(H,15,16). The highest BCUT2D eigenvalue weighted by Gasteiger charge is 2.18. The molecule has 92 valence electrons. The maximum absolute atomic E-state index is 11.7. The Morgan fingerprint density at radius 2 is 2.41 bits per heavy atom. The second kappa shape index (κ2) is 5.01. The summed E-state index contributed by atoms with van der Waals surface area (Å²) < 4.78 is 6.55. The van der Waals surface area contributed by atoms with E-state index in [0.717, 1.165) is 6.42 Å². The lowest BCUT2D eigenvalue weighted by Crippen LogP contribution is -2.37. The van der Waals surface area contributed by atoms with Crippen molar-refractivity contribution in [3.05, 3.63) is 24.0 Å². The Morgan fingerprint density at radius 3 is 3.06 bits per heavy atom. The van der Waals surface area contributed by atoms with Crippen molar-refractivity contribution in [3.63, 3.8) is 0 Å². The third kappa shape index (κ3) is 2.85. The van der Waals surface area contributed by atoms with Crippen molar-refractivity contribution >= 4 is 11.9 Å². The molecule has 1 aliphatic rings. The number of nitrogens with one attached hydrogen (secondary N) is 1. The predicted octanol–water partition coefficient (Wildman–Crippen LogP) is 0.0914. The van der Waals surface area contributed by atoms with E-state index >= 15 is 0 Å². The summed E-state index contributed by atoms with van der Waals surface area (Å²) in [6.07, 6.45) is 2.39. The van der Waals surface area contributed by atoms with Crippen LogP contribution in [0.15, 0.2) is 18.3 Å². The minimum Gasteiger partial charge on any atom is -0.477 e. The average Bonchev–Trinajstić information content (AvgIpc) is 2.88. The maximum atomic E-state index is 11.7. The highest BCUT2D eigenvalue weighted by atomic mass is 16.5. The van der Waals surface area contributed by atoms with Crippen molar-refractivity contribution in [2.75, 3.05) is 13.2 Å². The van der Waals surface area contributed by atoms with Crippen LogP contribution in [0.4, 0.5) is 0 Å². The molecule has 1 saturated heterocycles. The van der Waals surface area contributed by atoms with E-state index in [9.17, 15) is 9.59 Å². The zero-order valence-electron chi connectivity index (χ0n) is 9.26. The maximum Gasteiger partial charge on any atom is 0.352 e. The second-order valence-electron chi connectivity index (χ2n) is 3.95. The van der Waals surface area contributed by atoms with E-state index in [-0.39, 0.29) is 24.2 Å². The molecule has 1 amide bonds. The summed E-state index contributed by atoms with van der Waals surface area (Å²) in [6, 6.07) is 3.12. The van der Waals surface area contributed by atoms with Gasteiger partial charge in [-0.25, -0.2) is 4.79 Å². The number of carbonyl (C=O) groups excluding carboxylic acids is 1. The van der Waals surface area contributed by atoms with Crippen molar-refractivity contribution in [2.24, 2.45) is 0 Å². The Labute approximate surface area is 98.2 Å². The largest absolute Gasteiger partial charge is 0.477 e. The van der Waals surface area contributed by atoms with Crippen LogP contribution in [0.5, 0.6) is 0 Å². The number of aromatic carboxylic acids is 1. The first-order valence-corrected chi connectivity index (χ1v) is 5.42. The highest BCUT2D eigenvalue weighted by molar-refractivity contribution is 5.86. The number of carbonyl (C=O) groups is 2. The van der Waals surface area contributed by atoms with Gasteiger partial charge in [-0.2, -0.15) is 0 Å². The molecule has 1 aromatic rings. The molecule has 0 saturated carbocycles. The third-order valence-corrected chi connectivity index (χ3v) is 2.66. The Hall–Kier alpha value is -1.82. The molecular formula is C11H14N2O4. The molecule has 6 nitrogen and oxygen atoms in total. The van der Waals surface area contributed by atoms with Gasteiger partial charge in [-0.05, 0) is 18.6 Å². The lowest BCUT2D eigenvalue weighted by Gasteiger charge is -2.11. The molecule has 0 radical (unpaired) electrons. The van der Waals surface area contributed by atoms with Crippen LogP contribution in [0, 0.1) is 0 Å². The van der Waals surface area contributed by atoms with Crippen molar-refractivity contribution in [3.8, 4) is 0 Å². The summed E-state index contributed by atoms with van der Waals surface area (Å²) >= 11 is 0. The van der Waals surface area contributed by atoms with E-state index in [2.05, 4.69) is 5.32 Å². The Bertz CT molecular complexity index is 421. The van der Waals surface area contributed by atoms with E-state index in [4.69, 9.17) is 9.84 Å². The fourth-order valence-corrected chi connectivity index (χ4v) is 1.82. The number of hydrogen-bond acceptors (Lipinski definition) is 3. The monoisotopic (exact) mass is 238 g/mol. The normalized spacial score (nSPS) is 19.2. The topological polar surface area (TPSA) is 80.6 Å². The van der Waals surface area contributed by atoms with Crippen LogP contribution in [0.3, 0.4) is 0 Å². The lowest BCUT2D eigenvalue weighted by molar-refractivity contribution is -0.122. The molecule has 2 N–H and O–H groups in total. The molecule has 1 aromatic heterocycles. The number of ether oxygens (including phenoxy) is 1. The summed E-state index contributed by atoms with van der Waals surface area (Å²) in [7, 11) is 0. The van der Waals surface area contributed by atoms with Gasteiger partial charge in [-0.3, -0.25) is 4.79 Å². The van der Waals surface area contributed by atoms with Gasteiger partial charge in [0.05, 0.1) is 12.6 Å². The van der Waals surface area contributed by atoms with Crippen molar-refractivity contribution in [1.82, 2.24) is 9.88 Å². The van der Waals surface area contributed by atoms with E-state index in [0.29, 0.717) is 13.2 Å². The van der Waals surface area contributed by atoms with Gasteiger partial charge in [0.1, 0.15) is 12.2 Å². The van der Waals surface area contributed by atoms with Crippen LogP contribution in [-0.4, -0.2) is 40.8 Å². The third-order valence-electron chi connectivity index (χ3n) is 2.66. The van der Waals surface area contributed by atoms with Crippen LogP contribution in [-0.2, 0) is 16.1 Å². The Kier molecular flexibility index (Phi) is 3.43. The van der Waals surface area contributed by atoms with Crippen molar-refractivity contribution in [1.29, 1.82) is 0 Å². The number of hydrogen-bond donors (Lipinski definition) is 2. The smallest absolute Gasteiger partial charge is 0.352 e. The van der Waals surface area contributed by atoms with Gasteiger partial charge in [-0.1, -0.05) is 0 Å². The molecule has 1 fully saturated rings. The Morgan fingerprint density at radius 1 is 1.59 bits per heavy atom. The molecule has 2 rings (SSSR count). The van der Waals surface area contributed by atoms with Crippen molar-refractivity contribution in [2.45, 2.75) is 19.0 Å². The first kappa shape index (κ1) is 11.7. The number of amides is 1. The zero-order chi connectivity index (χ0) is 12.3. The first-order valence-electron chi connectivity index (χ1n) is 5.42. The summed E-state index contributed by atoms with van der Waals surface area (Å²) in [5.74, 6) is -1.23. The van der Waals surface area contributed by atoms with E-state index in [1.165, 1.54) is 10.6 Å². The summed E-state index contributed by atoms with van der Waals surface area (Å²) in [5.41, 5.74) is 0.114. The fourth-order valence-electron chi connectivity index (χ4n) is 1.82. The van der Waals surface area contributed by atoms with E-state index in [1.54, 1.807) is 12.3 Å². The molecular weight excluding hydrogens is 224 g/mol. The van der Waals surface area contributed by atoms with E-state index < -0.39 is 5.97 Å². The molecule has 1 aliphatic heterocycles. The molecule has 0 aromatic carbocycles. The van der Waals surface area contributed by atoms with Crippen molar-refractivity contribution < 1.29 is 19.4 Å². The molecule has 0 spiro atoms. The fraction of sp³-hybridized carbons (Fsp3) is 0.455. The van der Waals surface area contributed by atoms with Gasteiger partial charge >= 0.3 is 5.97 Å². The van der Waals surface area contributed by atoms with Crippen LogP contribution in [0.25, 0.3) is 0 Å². The van der Waals surface area contributed by atoms with Crippen LogP contribution < -0.4 is 5.32 Å². The first-order chi connectivity index (χ1) is 8.16. The summed E-state index contributed by atoms with van der Waals surface area (Å²) in [6.45, 7) is 1.21. The zero-order valence-corrected chi connectivity index (χ0v) is 9.26. The van der Waals surface area contributed by atoms with Crippen LogP contribution in [0.1, 0.15) is 16.9 Å². The minimum atomic E-state index is -1.04. The second-order valence-corrected chi connectivity index (χ2v) is 3.95. The molecule has 1 unspecified atom stereocenters. The van der Waals surface area contributed by atoms with Gasteiger partial charge in [0.15, 0.2) is 0 Å². The van der Waals surface area contributed by atoms with Gasteiger partial charge in [0.2, 0.25) is 5.91 Å². The van der Waals surface area contributed by atoms with Gasteiger partial charge in [0, 0.05) is 12.8 Å². The van der Waals surface area contributed by atoms with Gasteiger partial charge < -0.3 is 19.7 Å². The minimum absolute atomic E-state index is 0.0190. The molecule has 0 aliphatic carbocycles. The SMILES string of the molecule is O=C(Cn1cccc1C(=O)O)NC1CCOC1. The quantitative estimate of drug-likeness (QED) is 0.779. The lowest BCUT2D eigenvalue weighted by atomic mass is 10.2. The molecule has 6 heteroatoms. The van der Waals surface area contributed by atoms with E-state index in [1.807, 2.05) is 0 Å². The van der Waals surface area contributed by atoms with Crippen LogP contribution in [0.2, 0.25) is 0 Å². The molecule has 0 bridgehead atoms. The number of carboxylic acid groups (broad SMARTS) is 1. The predicted molar refractivity (Wildman–Crippen MR) is 58.8 cm³/mol.